The molecule has 25 heavy (non-hydrogen) atoms. The van der Waals surface area contributed by atoms with Crippen molar-refractivity contribution in [2.45, 2.75) is 32.3 Å². The second kappa shape index (κ2) is 7.56. The molecule has 3 rings (SSSR count). The third-order valence-electron chi connectivity index (χ3n) is 5.40. The van der Waals surface area contributed by atoms with Crippen molar-refractivity contribution in [1.29, 1.82) is 0 Å². The van der Waals surface area contributed by atoms with Gasteiger partial charge >= 0.3 is 6.61 Å². The quantitative estimate of drug-likeness (QED) is 0.903. The third kappa shape index (κ3) is 4.03. The number of alkyl halides is 2. The number of carbonyl (C=O) groups excluding carboxylic acids is 1. The fourth-order valence-corrected chi connectivity index (χ4v) is 3.82. The molecule has 1 aromatic rings. The minimum absolute atomic E-state index is 0.0682. The zero-order valence-corrected chi connectivity index (χ0v) is 14.4. The molecule has 0 radical (unpaired) electrons. The Labute approximate surface area is 146 Å². The maximum Gasteiger partial charge on any atom is 0.387 e. The number of hydrogen-bond donors (Lipinski definition) is 1. The number of nitrogens with one attached hydrogen (secondary N) is 1. The Morgan fingerprint density at radius 1 is 1.16 bits per heavy atom. The summed E-state index contributed by atoms with van der Waals surface area (Å²) in [5.41, 5.74) is 0.800. The molecule has 0 unspecified atom stereocenters. The predicted molar refractivity (Wildman–Crippen MR) is 89.3 cm³/mol. The van der Waals surface area contributed by atoms with Gasteiger partial charge in [0.1, 0.15) is 0 Å². The first-order valence-corrected chi connectivity index (χ1v) is 8.66. The van der Waals surface area contributed by atoms with Crippen LogP contribution in [0.1, 0.15) is 36.0 Å². The second-order valence-electron chi connectivity index (χ2n) is 6.79. The summed E-state index contributed by atoms with van der Waals surface area (Å²) in [5, 5.41) is 3.39. The van der Waals surface area contributed by atoms with Crippen LogP contribution in [0.5, 0.6) is 11.5 Å². The average Bonchev–Trinajstić information content (AvgIpc) is 2.62. The molecule has 2 aliphatic rings. The number of methoxy groups -OCH3 is 1. The van der Waals surface area contributed by atoms with Gasteiger partial charge in [0.15, 0.2) is 11.5 Å². The molecule has 5 nitrogen and oxygen atoms in total. The minimum Gasteiger partial charge on any atom is -0.493 e. The van der Waals surface area contributed by atoms with E-state index >= 15 is 0 Å². The van der Waals surface area contributed by atoms with Crippen molar-refractivity contribution in [2.24, 2.45) is 5.41 Å². The summed E-state index contributed by atoms with van der Waals surface area (Å²) in [6.07, 6.45) is 4.37. The van der Waals surface area contributed by atoms with Gasteiger partial charge in [-0.1, -0.05) is 0 Å². The van der Waals surface area contributed by atoms with Gasteiger partial charge in [-0.3, -0.25) is 4.79 Å². The van der Waals surface area contributed by atoms with Crippen LogP contribution < -0.4 is 14.8 Å². The molecule has 2 fully saturated rings. The lowest BCUT2D eigenvalue weighted by atomic mass is 9.71. The summed E-state index contributed by atoms with van der Waals surface area (Å²) in [7, 11) is 1.36. The van der Waals surface area contributed by atoms with Gasteiger partial charge < -0.3 is 19.7 Å². The molecule has 0 aliphatic carbocycles. The lowest BCUT2D eigenvalue weighted by Crippen LogP contribution is -2.47. The van der Waals surface area contributed by atoms with E-state index < -0.39 is 6.61 Å². The van der Waals surface area contributed by atoms with Gasteiger partial charge in [-0.2, -0.15) is 8.78 Å². The van der Waals surface area contributed by atoms with Crippen LogP contribution in [0.2, 0.25) is 0 Å². The maximum atomic E-state index is 12.7. The molecule has 1 N–H and O–H groups in total. The van der Waals surface area contributed by atoms with Crippen LogP contribution in [-0.4, -0.2) is 50.7 Å². The maximum absolute atomic E-state index is 12.7. The first-order valence-electron chi connectivity index (χ1n) is 8.66. The Morgan fingerprint density at radius 3 is 2.44 bits per heavy atom. The minimum atomic E-state index is -2.93. The summed E-state index contributed by atoms with van der Waals surface area (Å²) in [6.45, 7) is 0.638. The summed E-state index contributed by atoms with van der Waals surface area (Å²) in [5.74, 6) is -0.0231. The van der Waals surface area contributed by atoms with E-state index in [9.17, 15) is 13.6 Å². The number of hydrogen-bond acceptors (Lipinski definition) is 4. The molecule has 138 valence electrons. The van der Waals surface area contributed by atoms with E-state index in [0.29, 0.717) is 11.0 Å². The van der Waals surface area contributed by atoms with E-state index in [-0.39, 0.29) is 17.4 Å². The van der Waals surface area contributed by atoms with Crippen molar-refractivity contribution in [1.82, 2.24) is 10.2 Å². The van der Waals surface area contributed by atoms with E-state index in [2.05, 4.69) is 10.1 Å². The summed E-state index contributed by atoms with van der Waals surface area (Å²) in [4.78, 5) is 14.6. The number of carbonyl (C=O) groups is 1. The van der Waals surface area contributed by atoms with Crippen LogP contribution in [0.15, 0.2) is 18.2 Å². The summed E-state index contributed by atoms with van der Waals surface area (Å²) in [6, 6.07) is 4.34. The largest absolute Gasteiger partial charge is 0.493 e. The zero-order valence-electron chi connectivity index (χ0n) is 14.4. The topological polar surface area (TPSA) is 50.8 Å². The fourth-order valence-electron chi connectivity index (χ4n) is 3.82. The van der Waals surface area contributed by atoms with E-state index in [4.69, 9.17) is 4.74 Å². The Bertz CT molecular complexity index is 608. The van der Waals surface area contributed by atoms with Gasteiger partial charge in [0, 0.05) is 18.7 Å². The smallest absolute Gasteiger partial charge is 0.387 e. The van der Waals surface area contributed by atoms with Crippen molar-refractivity contribution < 1.29 is 23.0 Å². The molecule has 1 aromatic carbocycles. The average molecular weight is 354 g/mol. The van der Waals surface area contributed by atoms with Crippen LogP contribution in [0.25, 0.3) is 0 Å². The number of nitrogens with zero attached hydrogens (tertiary/aromatic N) is 1. The molecule has 0 saturated carbocycles. The van der Waals surface area contributed by atoms with Gasteiger partial charge in [0.05, 0.1) is 7.11 Å². The molecule has 0 atom stereocenters. The molecular formula is C18H24F2N2O3. The number of rotatable bonds is 4. The Morgan fingerprint density at radius 2 is 1.84 bits per heavy atom. The lowest BCUT2D eigenvalue weighted by Gasteiger charge is -2.44. The highest BCUT2D eigenvalue weighted by molar-refractivity contribution is 5.95. The van der Waals surface area contributed by atoms with E-state index in [1.54, 1.807) is 0 Å². The van der Waals surface area contributed by atoms with Gasteiger partial charge in [0.25, 0.3) is 5.91 Å². The van der Waals surface area contributed by atoms with Crippen LogP contribution >= 0.6 is 0 Å². The van der Waals surface area contributed by atoms with Crippen LogP contribution in [-0.2, 0) is 0 Å². The van der Waals surface area contributed by atoms with Crippen molar-refractivity contribution in [2.75, 3.05) is 33.3 Å². The first kappa shape index (κ1) is 17.9. The van der Waals surface area contributed by atoms with Crippen molar-refractivity contribution >= 4 is 5.91 Å². The SMILES string of the molecule is COc1cc(C(=O)N2CCC3(CCNCC3)CC2)ccc1OC(F)F. The van der Waals surface area contributed by atoms with E-state index in [0.717, 1.165) is 39.0 Å². The molecule has 2 aliphatic heterocycles. The highest BCUT2D eigenvalue weighted by Crippen LogP contribution is 2.40. The molecular weight excluding hydrogens is 330 g/mol. The van der Waals surface area contributed by atoms with E-state index in [1.807, 2.05) is 4.90 Å². The summed E-state index contributed by atoms with van der Waals surface area (Å²) < 4.78 is 34.3. The van der Waals surface area contributed by atoms with Crippen LogP contribution in [0.3, 0.4) is 0 Å². The fraction of sp³-hybridized carbons (Fsp3) is 0.611. The van der Waals surface area contributed by atoms with Crippen LogP contribution in [0, 0.1) is 5.41 Å². The van der Waals surface area contributed by atoms with Gasteiger partial charge in [-0.25, -0.2) is 0 Å². The van der Waals surface area contributed by atoms with Crippen molar-refractivity contribution in [3.63, 3.8) is 0 Å². The van der Waals surface area contributed by atoms with Crippen molar-refractivity contribution in [3.05, 3.63) is 23.8 Å². The van der Waals surface area contributed by atoms with Gasteiger partial charge in [-0.05, 0) is 62.4 Å². The Hall–Kier alpha value is -1.89. The Kier molecular flexibility index (Phi) is 5.42. The molecule has 0 bridgehead atoms. The van der Waals surface area contributed by atoms with Gasteiger partial charge in [-0.15, -0.1) is 0 Å². The lowest BCUT2D eigenvalue weighted by molar-refractivity contribution is -0.0512. The third-order valence-corrected chi connectivity index (χ3v) is 5.40. The standard InChI is InChI=1S/C18H24F2N2O3/c1-24-15-12-13(2-3-14(15)25-17(19)20)16(23)22-10-6-18(7-11-22)4-8-21-9-5-18/h2-3,12,17,21H,4-11H2,1H3. The highest BCUT2D eigenvalue weighted by atomic mass is 19.3. The Balaban J connectivity index is 1.67. The predicted octanol–water partition coefficient (Wildman–Crippen LogP) is 2.90. The number of halogens is 2. The summed E-state index contributed by atoms with van der Waals surface area (Å²) >= 11 is 0. The second-order valence-corrected chi connectivity index (χ2v) is 6.79. The molecule has 0 aromatic heterocycles. The first-order chi connectivity index (χ1) is 12.0. The molecule has 1 spiro atoms. The zero-order chi connectivity index (χ0) is 17.9. The number of benzene rings is 1. The highest BCUT2D eigenvalue weighted by Gasteiger charge is 2.36. The van der Waals surface area contributed by atoms with Crippen LogP contribution in [0.4, 0.5) is 8.78 Å². The molecule has 2 heterocycles. The van der Waals surface area contributed by atoms with Crippen molar-refractivity contribution in [3.8, 4) is 11.5 Å². The number of piperidine rings is 2. The van der Waals surface area contributed by atoms with E-state index in [1.165, 1.54) is 38.2 Å². The number of likely N-dealkylation sites (tertiary alicyclic amines) is 1. The molecule has 1 amide bonds. The monoisotopic (exact) mass is 354 g/mol. The molecule has 7 heteroatoms. The number of ether oxygens (including phenoxy) is 2. The normalized spacial score (nSPS) is 19.9. The molecule has 2 saturated heterocycles. The van der Waals surface area contributed by atoms with Gasteiger partial charge in [0.2, 0.25) is 0 Å². The number of amides is 1.